The number of nitrogens with two attached hydrogens (primary N) is 1. The number of hydrogen-bond acceptors (Lipinski definition) is 4. The highest BCUT2D eigenvalue weighted by molar-refractivity contribution is 5.44. The van der Waals surface area contributed by atoms with Crippen LogP contribution in [0.2, 0.25) is 0 Å². The standard InChI is InChI=1S/C13H24N4/c1-11(2)10-17(9-8-16(3)4)13-7-5-6-12(14)15-13/h5-7,11H,8-10H2,1-4H3,(H2,14,15). The van der Waals surface area contributed by atoms with Crippen LogP contribution in [0.25, 0.3) is 0 Å². The monoisotopic (exact) mass is 236 g/mol. The number of rotatable bonds is 6. The van der Waals surface area contributed by atoms with Crippen molar-refractivity contribution in [3.63, 3.8) is 0 Å². The lowest BCUT2D eigenvalue weighted by atomic mass is 10.2. The van der Waals surface area contributed by atoms with Gasteiger partial charge in [0.05, 0.1) is 0 Å². The van der Waals surface area contributed by atoms with Crippen LogP contribution in [0, 0.1) is 5.92 Å². The number of nitrogens with zero attached hydrogens (tertiary/aromatic N) is 3. The third-order valence-electron chi connectivity index (χ3n) is 2.48. The SMILES string of the molecule is CC(C)CN(CCN(C)C)c1cccc(N)n1. The lowest BCUT2D eigenvalue weighted by molar-refractivity contribution is 0.408. The molecule has 17 heavy (non-hydrogen) atoms. The van der Waals surface area contributed by atoms with E-state index in [0.717, 1.165) is 25.5 Å². The summed E-state index contributed by atoms with van der Waals surface area (Å²) in [6.45, 7) is 7.43. The lowest BCUT2D eigenvalue weighted by Crippen LogP contribution is -2.35. The van der Waals surface area contributed by atoms with Crippen LogP contribution in [0.1, 0.15) is 13.8 Å². The molecule has 0 aliphatic carbocycles. The van der Waals surface area contributed by atoms with Gasteiger partial charge in [-0.3, -0.25) is 0 Å². The normalized spacial score (nSPS) is 11.2. The molecule has 2 N–H and O–H groups in total. The summed E-state index contributed by atoms with van der Waals surface area (Å²) in [5.41, 5.74) is 5.73. The van der Waals surface area contributed by atoms with Crippen molar-refractivity contribution in [3.8, 4) is 0 Å². The molecule has 0 spiro atoms. The van der Waals surface area contributed by atoms with Gasteiger partial charge in [-0.15, -0.1) is 0 Å². The molecule has 0 amide bonds. The first-order valence-electron chi connectivity index (χ1n) is 6.11. The van der Waals surface area contributed by atoms with Gasteiger partial charge in [-0.1, -0.05) is 19.9 Å². The Hall–Kier alpha value is -1.29. The summed E-state index contributed by atoms with van der Waals surface area (Å²) in [6, 6.07) is 5.80. The van der Waals surface area contributed by atoms with Crippen molar-refractivity contribution in [2.75, 3.05) is 44.4 Å². The maximum absolute atomic E-state index is 5.73. The summed E-state index contributed by atoms with van der Waals surface area (Å²) < 4.78 is 0. The first-order chi connectivity index (χ1) is 7.99. The highest BCUT2D eigenvalue weighted by Gasteiger charge is 2.10. The minimum Gasteiger partial charge on any atom is -0.384 e. The van der Waals surface area contributed by atoms with Gasteiger partial charge >= 0.3 is 0 Å². The van der Waals surface area contributed by atoms with Crippen LogP contribution in [0.5, 0.6) is 0 Å². The van der Waals surface area contributed by atoms with Gasteiger partial charge in [0, 0.05) is 19.6 Å². The molecule has 1 aromatic heterocycles. The molecule has 0 saturated heterocycles. The molecule has 0 fully saturated rings. The van der Waals surface area contributed by atoms with Crippen molar-refractivity contribution in [1.82, 2.24) is 9.88 Å². The Morgan fingerprint density at radius 2 is 1.94 bits per heavy atom. The second-order valence-corrected chi connectivity index (χ2v) is 5.06. The van der Waals surface area contributed by atoms with E-state index < -0.39 is 0 Å². The van der Waals surface area contributed by atoms with E-state index in [1.54, 1.807) is 0 Å². The zero-order valence-corrected chi connectivity index (χ0v) is 11.3. The van der Waals surface area contributed by atoms with E-state index in [-0.39, 0.29) is 0 Å². The highest BCUT2D eigenvalue weighted by Crippen LogP contribution is 2.14. The van der Waals surface area contributed by atoms with Crippen LogP contribution in [0.3, 0.4) is 0 Å². The van der Waals surface area contributed by atoms with E-state index in [9.17, 15) is 0 Å². The van der Waals surface area contributed by atoms with Crippen molar-refractivity contribution < 1.29 is 0 Å². The quantitative estimate of drug-likeness (QED) is 0.816. The fraction of sp³-hybridized carbons (Fsp3) is 0.615. The van der Waals surface area contributed by atoms with Crippen LogP contribution in [-0.2, 0) is 0 Å². The molecule has 0 radical (unpaired) electrons. The lowest BCUT2D eigenvalue weighted by Gasteiger charge is -2.27. The number of anilines is 2. The Bertz CT molecular complexity index is 336. The summed E-state index contributed by atoms with van der Waals surface area (Å²) in [5, 5.41) is 0. The van der Waals surface area contributed by atoms with Crippen molar-refractivity contribution in [1.29, 1.82) is 0 Å². The molecule has 0 aromatic carbocycles. The fourth-order valence-electron chi connectivity index (χ4n) is 1.68. The molecule has 1 heterocycles. The van der Waals surface area contributed by atoms with Crippen molar-refractivity contribution in [3.05, 3.63) is 18.2 Å². The molecular formula is C13H24N4. The highest BCUT2D eigenvalue weighted by atomic mass is 15.2. The predicted molar refractivity (Wildman–Crippen MR) is 74.3 cm³/mol. The van der Waals surface area contributed by atoms with Crippen LogP contribution >= 0.6 is 0 Å². The van der Waals surface area contributed by atoms with Gasteiger partial charge in [0.2, 0.25) is 0 Å². The zero-order chi connectivity index (χ0) is 12.8. The number of aromatic nitrogens is 1. The largest absolute Gasteiger partial charge is 0.384 e. The van der Waals surface area contributed by atoms with E-state index >= 15 is 0 Å². The number of likely N-dealkylation sites (N-methyl/N-ethyl adjacent to an activating group) is 1. The summed E-state index contributed by atoms with van der Waals surface area (Å²) >= 11 is 0. The van der Waals surface area contributed by atoms with E-state index in [2.05, 4.69) is 42.7 Å². The summed E-state index contributed by atoms with van der Waals surface area (Å²) in [4.78, 5) is 8.86. The molecule has 0 unspecified atom stereocenters. The maximum Gasteiger partial charge on any atom is 0.130 e. The first-order valence-corrected chi connectivity index (χ1v) is 6.11. The third kappa shape index (κ3) is 5.04. The molecular weight excluding hydrogens is 212 g/mol. The summed E-state index contributed by atoms with van der Waals surface area (Å²) in [7, 11) is 4.17. The van der Waals surface area contributed by atoms with Crippen molar-refractivity contribution >= 4 is 11.6 Å². The van der Waals surface area contributed by atoms with Crippen LogP contribution in [0.4, 0.5) is 11.6 Å². The van der Waals surface area contributed by atoms with Gasteiger partial charge in [0.25, 0.3) is 0 Å². The van der Waals surface area contributed by atoms with Crippen molar-refractivity contribution in [2.45, 2.75) is 13.8 Å². The topological polar surface area (TPSA) is 45.4 Å². The molecule has 0 aliphatic rings. The average molecular weight is 236 g/mol. The van der Waals surface area contributed by atoms with E-state index in [0.29, 0.717) is 11.7 Å². The van der Waals surface area contributed by atoms with E-state index in [4.69, 9.17) is 5.73 Å². The molecule has 4 nitrogen and oxygen atoms in total. The molecule has 0 saturated carbocycles. The van der Waals surface area contributed by atoms with E-state index in [1.807, 2.05) is 18.2 Å². The molecule has 0 atom stereocenters. The van der Waals surface area contributed by atoms with Gasteiger partial charge in [-0.05, 0) is 32.1 Å². The Labute approximate surface area is 104 Å². The second-order valence-electron chi connectivity index (χ2n) is 5.06. The van der Waals surface area contributed by atoms with Gasteiger partial charge in [-0.25, -0.2) is 4.98 Å². The summed E-state index contributed by atoms with van der Waals surface area (Å²) in [5.74, 6) is 2.17. The molecule has 1 aromatic rings. The second kappa shape index (κ2) is 6.45. The minimum absolute atomic E-state index is 0.584. The van der Waals surface area contributed by atoms with E-state index in [1.165, 1.54) is 0 Å². The number of nitrogen functional groups attached to an aromatic ring is 1. The van der Waals surface area contributed by atoms with Gasteiger partial charge in [0.1, 0.15) is 11.6 Å². The predicted octanol–water partition coefficient (Wildman–Crippen LogP) is 1.69. The van der Waals surface area contributed by atoms with Crippen molar-refractivity contribution in [2.24, 2.45) is 5.92 Å². The zero-order valence-electron chi connectivity index (χ0n) is 11.3. The Morgan fingerprint density at radius 3 is 2.47 bits per heavy atom. The Balaban J connectivity index is 2.74. The van der Waals surface area contributed by atoms with Gasteiger partial charge in [0.15, 0.2) is 0 Å². The molecule has 0 bridgehead atoms. The Kier molecular flexibility index (Phi) is 5.22. The van der Waals surface area contributed by atoms with Crippen LogP contribution in [0.15, 0.2) is 18.2 Å². The van der Waals surface area contributed by atoms with Crippen LogP contribution in [-0.4, -0.2) is 43.6 Å². The molecule has 4 heteroatoms. The average Bonchev–Trinajstić information content (AvgIpc) is 2.23. The number of pyridine rings is 1. The Morgan fingerprint density at radius 1 is 1.24 bits per heavy atom. The number of hydrogen-bond donors (Lipinski definition) is 1. The van der Waals surface area contributed by atoms with Gasteiger partial charge in [-0.2, -0.15) is 0 Å². The maximum atomic E-state index is 5.73. The molecule has 0 aliphatic heterocycles. The fourth-order valence-corrected chi connectivity index (χ4v) is 1.68. The molecule has 96 valence electrons. The van der Waals surface area contributed by atoms with Gasteiger partial charge < -0.3 is 15.5 Å². The third-order valence-corrected chi connectivity index (χ3v) is 2.48. The first kappa shape index (κ1) is 13.8. The van der Waals surface area contributed by atoms with Crippen LogP contribution < -0.4 is 10.6 Å². The smallest absolute Gasteiger partial charge is 0.130 e. The molecule has 1 rings (SSSR count). The summed E-state index contributed by atoms with van der Waals surface area (Å²) in [6.07, 6.45) is 0. The minimum atomic E-state index is 0.584.